The van der Waals surface area contributed by atoms with Crippen molar-refractivity contribution < 1.29 is 14.7 Å². The lowest BCUT2D eigenvalue weighted by molar-refractivity contribution is -0.133. The van der Waals surface area contributed by atoms with Crippen LogP contribution in [0.4, 0.5) is 0 Å². The first-order valence-electron chi connectivity index (χ1n) is 10.3. The first kappa shape index (κ1) is 22.2. The summed E-state index contributed by atoms with van der Waals surface area (Å²) in [5.74, 6) is -1.36. The van der Waals surface area contributed by atoms with Crippen LogP contribution in [0.3, 0.4) is 0 Å². The predicted molar refractivity (Wildman–Crippen MR) is 114 cm³/mol. The number of allylic oxidation sites excluding steroid dienone is 5. The van der Waals surface area contributed by atoms with E-state index in [2.05, 4.69) is 32.7 Å². The number of aliphatic hydroxyl groups excluding tert-OH is 1. The molecule has 0 saturated heterocycles. The van der Waals surface area contributed by atoms with Crippen LogP contribution >= 0.6 is 0 Å². The fraction of sp³-hybridized carbons (Fsp3) is 0.583. The largest absolute Gasteiger partial charge is 0.505 e. The minimum Gasteiger partial charge on any atom is -0.505 e. The smallest absolute Gasteiger partial charge is 0.233 e. The summed E-state index contributed by atoms with van der Waals surface area (Å²) in [6.07, 6.45) is 5.05. The van der Waals surface area contributed by atoms with Crippen LogP contribution in [0.1, 0.15) is 67.2 Å². The molecule has 2 rings (SSSR count). The van der Waals surface area contributed by atoms with Gasteiger partial charge in [0.05, 0.1) is 11.3 Å². The molecular formula is C24H35NO3. The van der Waals surface area contributed by atoms with Gasteiger partial charge in [-0.15, -0.1) is 0 Å². The summed E-state index contributed by atoms with van der Waals surface area (Å²) in [4.78, 5) is 26.0. The van der Waals surface area contributed by atoms with Crippen LogP contribution in [-0.2, 0) is 9.59 Å². The number of hydrogen-bond donors (Lipinski definition) is 2. The van der Waals surface area contributed by atoms with E-state index < -0.39 is 11.6 Å². The minimum atomic E-state index is -0.565. The Labute approximate surface area is 169 Å². The summed E-state index contributed by atoms with van der Waals surface area (Å²) >= 11 is 0. The molecule has 0 saturated carbocycles. The van der Waals surface area contributed by atoms with Crippen molar-refractivity contribution >= 4 is 11.6 Å². The monoisotopic (exact) mass is 385 g/mol. The van der Waals surface area contributed by atoms with Gasteiger partial charge in [-0.3, -0.25) is 9.59 Å². The van der Waals surface area contributed by atoms with Gasteiger partial charge in [-0.05, 0) is 44.4 Å². The lowest BCUT2D eigenvalue weighted by atomic mass is 9.70. The second-order valence-corrected chi connectivity index (χ2v) is 9.47. The summed E-state index contributed by atoms with van der Waals surface area (Å²) in [6.45, 7) is 16.9. The van der Waals surface area contributed by atoms with E-state index in [1.807, 2.05) is 26.8 Å². The molecule has 2 aliphatic rings. The van der Waals surface area contributed by atoms with Crippen LogP contribution in [0.15, 0.2) is 46.4 Å². The molecule has 2 atom stereocenters. The molecule has 0 aromatic rings. The molecule has 0 heterocycles. The Morgan fingerprint density at radius 3 is 2.46 bits per heavy atom. The van der Waals surface area contributed by atoms with Crippen molar-refractivity contribution in [2.45, 2.75) is 67.2 Å². The fourth-order valence-corrected chi connectivity index (χ4v) is 4.01. The SMILES string of the molecule is C=C(C)C1CCC(C)=C[C@H]1C1=C(O)C(NCC(C)(C)C)=C(CCC)C(=O)C1=O. The van der Waals surface area contributed by atoms with Gasteiger partial charge in [0.25, 0.3) is 0 Å². The van der Waals surface area contributed by atoms with Crippen molar-refractivity contribution in [3.05, 3.63) is 46.4 Å². The molecule has 4 nitrogen and oxygen atoms in total. The average Bonchev–Trinajstić information content (AvgIpc) is 2.58. The first-order chi connectivity index (χ1) is 13.0. The highest BCUT2D eigenvalue weighted by molar-refractivity contribution is 6.50. The zero-order valence-electron chi connectivity index (χ0n) is 18.2. The molecule has 4 heteroatoms. The van der Waals surface area contributed by atoms with E-state index in [1.165, 1.54) is 5.57 Å². The standard InChI is InChI=1S/C24H35NO3/c1-8-9-17-20(25-13-24(5,6)7)22(27)19(23(28)21(17)26)18-12-15(4)10-11-16(18)14(2)3/h12,16,18,25,27H,2,8-11,13H2,1,3-7H3/t16?,18-/m1/s1. The maximum Gasteiger partial charge on any atom is 0.233 e. The van der Waals surface area contributed by atoms with Crippen molar-refractivity contribution in [1.29, 1.82) is 0 Å². The van der Waals surface area contributed by atoms with E-state index in [0.29, 0.717) is 24.2 Å². The highest BCUT2D eigenvalue weighted by Gasteiger charge is 2.41. The zero-order chi connectivity index (χ0) is 21.2. The number of carbonyl (C=O) groups excluding carboxylic acids is 2. The summed E-state index contributed by atoms with van der Waals surface area (Å²) in [7, 11) is 0. The molecule has 28 heavy (non-hydrogen) atoms. The summed E-state index contributed by atoms with van der Waals surface area (Å²) in [5.41, 5.74) is 3.19. The molecule has 0 radical (unpaired) electrons. The van der Waals surface area contributed by atoms with Gasteiger partial charge in [0.2, 0.25) is 11.6 Å². The van der Waals surface area contributed by atoms with Crippen molar-refractivity contribution in [3.63, 3.8) is 0 Å². The Hall–Kier alpha value is -2.10. The normalized spacial score (nSPS) is 23.9. The van der Waals surface area contributed by atoms with E-state index in [0.717, 1.165) is 24.8 Å². The molecule has 0 aliphatic heterocycles. The number of hydrogen-bond acceptors (Lipinski definition) is 4. The van der Waals surface area contributed by atoms with Crippen LogP contribution in [0.2, 0.25) is 0 Å². The minimum absolute atomic E-state index is 0.0309. The molecule has 1 unspecified atom stereocenters. The molecule has 0 fully saturated rings. The first-order valence-corrected chi connectivity index (χ1v) is 10.3. The van der Waals surface area contributed by atoms with Crippen LogP contribution in [0, 0.1) is 17.3 Å². The van der Waals surface area contributed by atoms with Gasteiger partial charge >= 0.3 is 0 Å². The summed E-state index contributed by atoms with van der Waals surface area (Å²) in [5, 5.41) is 14.5. The van der Waals surface area contributed by atoms with Crippen LogP contribution < -0.4 is 5.32 Å². The van der Waals surface area contributed by atoms with Gasteiger partial charge in [-0.1, -0.05) is 57.9 Å². The average molecular weight is 386 g/mol. The van der Waals surface area contributed by atoms with E-state index in [9.17, 15) is 14.7 Å². The topological polar surface area (TPSA) is 66.4 Å². The Morgan fingerprint density at radius 2 is 1.93 bits per heavy atom. The molecule has 0 aromatic heterocycles. The highest BCUT2D eigenvalue weighted by atomic mass is 16.3. The molecule has 2 aliphatic carbocycles. The third-order valence-corrected chi connectivity index (χ3v) is 5.53. The third kappa shape index (κ3) is 4.65. The van der Waals surface area contributed by atoms with Crippen LogP contribution in [-0.4, -0.2) is 23.2 Å². The van der Waals surface area contributed by atoms with Crippen molar-refractivity contribution in [2.24, 2.45) is 17.3 Å². The van der Waals surface area contributed by atoms with Crippen molar-refractivity contribution in [1.82, 2.24) is 5.32 Å². The van der Waals surface area contributed by atoms with Crippen molar-refractivity contribution in [3.8, 4) is 0 Å². The predicted octanol–water partition coefficient (Wildman–Crippen LogP) is 5.19. The maximum atomic E-state index is 13.1. The molecule has 154 valence electrons. The van der Waals surface area contributed by atoms with E-state index in [-0.39, 0.29) is 28.6 Å². The lowest BCUT2D eigenvalue weighted by Gasteiger charge is -2.34. The number of ketones is 2. The number of rotatable bonds is 6. The van der Waals surface area contributed by atoms with E-state index in [4.69, 9.17) is 0 Å². The second-order valence-electron chi connectivity index (χ2n) is 9.47. The second kappa shape index (κ2) is 8.50. The quantitative estimate of drug-likeness (QED) is 0.375. The highest BCUT2D eigenvalue weighted by Crippen LogP contribution is 2.41. The molecule has 0 bridgehead atoms. The number of nitrogens with one attached hydrogen (secondary N) is 1. The van der Waals surface area contributed by atoms with Crippen LogP contribution in [0.25, 0.3) is 0 Å². The van der Waals surface area contributed by atoms with Gasteiger partial charge in [0, 0.05) is 18.0 Å². The fourth-order valence-electron chi connectivity index (χ4n) is 4.01. The summed E-state index contributed by atoms with van der Waals surface area (Å²) in [6, 6.07) is 0. The Morgan fingerprint density at radius 1 is 1.29 bits per heavy atom. The van der Waals surface area contributed by atoms with E-state index >= 15 is 0 Å². The number of carbonyl (C=O) groups is 2. The van der Waals surface area contributed by atoms with Crippen LogP contribution in [0.5, 0.6) is 0 Å². The number of aliphatic hydroxyl groups is 1. The lowest BCUT2D eigenvalue weighted by Crippen LogP contribution is -2.38. The molecule has 0 spiro atoms. The van der Waals surface area contributed by atoms with Crippen molar-refractivity contribution in [2.75, 3.05) is 6.54 Å². The van der Waals surface area contributed by atoms with Gasteiger partial charge in [0.15, 0.2) is 0 Å². The van der Waals surface area contributed by atoms with Gasteiger partial charge in [-0.2, -0.15) is 0 Å². The Balaban J connectivity index is 2.61. The third-order valence-electron chi connectivity index (χ3n) is 5.53. The molecule has 2 N–H and O–H groups in total. The number of Topliss-reactive ketones (excluding diaryl/α,β-unsaturated/α-hetero) is 2. The molecule has 0 aromatic carbocycles. The van der Waals surface area contributed by atoms with Gasteiger partial charge in [0.1, 0.15) is 5.76 Å². The summed E-state index contributed by atoms with van der Waals surface area (Å²) < 4.78 is 0. The Kier molecular flexibility index (Phi) is 6.74. The van der Waals surface area contributed by atoms with E-state index in [1.54, 1.807) is 0 Å². The zero-order valence-corrected chi connectivity index (χ0v) is 18.2. The maximum absolute atomic E-state index is 13.1. The van der Waals surface area contributed by atoms with Gasteiger partial charge in [-0.25, -0.2) is 0 Å². The Bertz CT molecular complexity index is 774. The molecule has 0 amide bonds. The van der Waals surface area contributed by atoms with Gasteiger partial charge < -0.3 is 10.4 Å². The molecular weight excluding hydrogens is 350 g/mol.